The molecule has 1 aromatic rings. The normalized spacial score (nSPS) is 11.4. The average Bonchev–Trinajstić information content (AvgIpc) is 2.35. The van der Waals surface area contributed by atoms with Gasteiger partial charge in [-0.15, -0.1) is 0 Å². The van der Waals surface area contributed by atoms with Gasteiger partial charge in [0.2, 0.25) is 0 Å². The molecule has 0 fully saturated rings. The van der Waals surface area contributed by atoms with E-state index in [1.165, 1.54) is 0 Å². The van der Waals surface area contributed by atoms with Crippen LogP contribution in [0.3, 0.4) is 0 Å². The molecule has 0 radical (unpaired) electrons. The SMILES string of the molecule is CC(C)=CC(C(=O)OC(C)c1ccc(O)cc1)=C(C)C. The van der Waals surface area contributed by atoms with Gasteiger partial charge >= 0.3 is 5.97 Å². The maximum Gasteiger partial charge on any atom is 0.338 e. The largest absolute Gasteiger partial charge is 0.508 e. The van der Waals surface area contributed by atoms with E-state index < -0.39 is 0 Å². The van der Waals surface area contributed by atoms with E-state index in [2.05, 4.69) is 0 Å². The summed E-state index contributed by atoms with van der Waals surface area (Å²) in [6.07, 6.45) is 1.48. The summed E-state index contributed by atoms with van der Waals surface area (Å²) in [5, 5.41) is 9.26. The Kier molecular flexibility index (Phi) is 5.56. The fourth-order valence-electron chi connectivity index (χ4n) is 1.73. The molecule has 3 heteroatoms. The Balaban J connectivity index is 2.86. The first kappa shape index (κ1) is 16.0. The molecule has 0 spiro atoms. The molecular formula is C17H22O3. The van der Waals surface area contributed by atoms with E-state index in [1.54, 1.807) is 24.3 Å². The second-order valence-corrected chi connectivity index (χ2v) is 5.27. The Morgan fingerprint density at radius 3 is 2.15 bits per heavy atom. The molecule has 0 aromatic heterocycles. The first-order valence-electron chi connectivity index (χ1n) is 6.63. The molecule has 0 heterocycles. The van der Waals surface area contributed by atoms with Crippen molar-refractivity contribution in [3.8, 4) is 5.75 Å². The molecule has 1 aromatic carbocycles. The standard InChI is InChI=1S/C17H22O3/c1-11(2)10-16(12(3)4)17(19)20-13(5)14-6-8-15(18)9-7-14/h6-10,13,18H,1-5H3. The van der Waals surface area contributed by atoms with Crippen molar-refractivity contribution in [1.82, 2.24) is 0 Å². The number of phenols is 1. The van der Waals surface area contributed by atoms with Crippen LogP contribution in [0.5, 0.6) is 5.75 Å². The number of carbonyl (C=O) groups is 1. The summed E-state index contributed by atoms with van der Waals surface area (Å²) in [6.45, 7) is 9.48. The second-order valence-electron chi connectivity index (χ2n) is 5.27. The van der Waals surface area contributed by atoms with Gasteiger partial charge in [0.25, 0.3) is 0 Å². The van der Waals surface area contributed by atoms with Crippen LogP contribution >= 0.6 is 0 Å². The molecule has 1 rings (SSSR count). The number of phenolic OH excluding ortho intramolecular Hbond substituents is 1. The molecule has 0 aliphatic carbocycles. The number of hydrogen-bond donors (Lipinski definition) is 1. The third kappa shape index (κ3) is 4.57. The molecule has 0 bridgehead atoms. The number of ether oxygens (including phenoxy) is 1. The number of allylic oxidation sites excluding steroid dienone is 2. The zero-order valence-electron chi connectivity index (χ0n) is 12.7. The molecule has 3 nitrogen and oxygen atoms in total. The molecule has 108 valence electrons. The van der Waals surface area contributed by atoms with Crippen molar-refractivity contribution >= 4 is 5.97 Å². The van der Waals surface area contributed by atoms with E-state index in [4.69, 9.17) is 4.74 Å². The molecule has 20 heavy (non-hydrogen) atoms. The highest BCUT2D eigenvalue weighted by molar-refractivity contribution is 5.92. The smallest absolute Gasteiger partial charge is 0.338 e. The van der Waals surface area contributed by atoms with Crippen LogP contribution in [0.15, 0.2) is 47.1 Å². The molecule has 1 unspecified atom stereocenters. The molecule has 0 aliphatic rings. The van der Waals surface area contributed by atoms with Crippen LogP contribution in [-0.2, 0) is 9.53 Å². The van der Waals surface area contributed by atoms with E-state index in [1.807, 2.05) is 40.7 Å². The minimum atomic E-state index is -0.358. The van der Waals surface area contributed by atoms with Crippen molar-refractivity contribution in [2.45, 2.75) is 40.7 Å². The lowest BCUT2D eigenvalue weighted by atomic mass is 10.1. The summed E-state index contributed by atoms with van der Waals surface area (Å²) in [6, 6.07) is 6.65. The molecule has 1 atom stereocenters. The number of benzene rings is 1. The maximum atomic E-state index is 12.2. The highest BCUT2D eigenvalue weighted by Gasteiger charge is 2.15. The molecular weight excluding hydrogens is 252 g/mol. The van der Waals surface area contributed by atoms with Crippen LogP contribution < -0.4 is 0 Å². The lowest BCUT2D eigenvalue weighted by molar-refractivity contribution is -0.143. The van der Waals surface area contributed by atoms with Crippen molar-refractivity contribution in [3.05, 3.63) is 52.6 Å². The number of carbonyl (C=O) groups excluding carboxylic acids is 1. The van der Waals surface area contributed by atoms with Gasteiger partial charge in [0.15, 0.2) is 0 Å². The molecule has 0 saturated carbocycles. The van der Waals surface area contributed by atoms with E-state index >= 15 is 0 Å². The van der Waals surface area contributed by atoms with E-state index in [-0.39, 0.29) is 17.8 Å². The minimum absolute atomic E-state index is 0.196. The van der Waals surface area contributed by atoms with Crippen molar-refractivity contribution in [2.75, 3.05) is 0 Å². The van der Waals surface area contributed by atoms with Gasteiger partial charge in [0.05, 0.1) is 5.57 Å². The van der Waals surface area contributed by atoms with Crippen molar-refractivity contribution in [3.63, 3.8) is 0 Å². The third-order valence-electron chi connectivity index (χ3n) is 2.84. The first-order chi connectivity index (χ1) is 9.31. The van der Waals surface area contributed by atoms with Gasteiger partial charge in [-0.05, 0) is 58.4 Å². The quantitative estimate of drug-likeness (QED) is 0.506. The Morgan fingerprint density at radius 2 is 1.70 bits per heavy atom. The van der Waals surface area contributed by atoms with Gasteiger partial charge in [-0.3, -0.25) is 0 Å². The molecule has 0 saturated heterocycles. The lowest BCUT2D eigenvalue weighted by Crippen LogP contribution is -2.11. The van der Waals surface area contributed by atoms with Crippen LogP contribution in [0, 0.1) is 0 Å². The third-order valence-corrected chi connectivity index (χ3v) is 2.84. The van der Waals surface area contributed by atoms with Crippen molar-refractivity contribution < 1.29 is 14.6 Å². The second kappa shape index (κ2) is 6.94. The Morgan fingerprint density at radius 1 is 1.15 bits per heavy atom. The number of aromatic hydroxyl groups is 1. The van der Waals surface area contributed by atoms with Crippen LogP contribution in [0.4, 0.5) is 0 Å². The zero-order valence-corrected chi connectivity index (χ0v) is 12.7. The van der Waals surface area contributed by atoms with Crippen LogP contribution in [0.2, 0.25) is 0 Å². The fourth-order valence-corrected chi connectivity index (χ4v) is 1.73. The Bertz CT molecular complexity index is 528. The summed E-state index contributed by atoms with van der Waals surface area (Å²) >= 11 is 0. The van der Waals surface area contributed by atoms with Crippen LogP contribution in [-0.4, -0.2) is 11.1 Å². The first-order valence-corrected chi connectivity index (χ1v) is 6.63. The lowest BCUT2D eigenvalue weighted by Gasteiger charge is -2.15. The monoisotopic (exact) mass is 274 g/mol. The van der Waals surface area contributed by atoms with E-state index in [0.29, 0.717) is 5.57 Å². The van der Waals surface area contributed by atoms with Gasteiger partial charge in [-0.25, -0.2) is 4.79 Å². The van der Waals surface area contributed by atoms with Gasteiger partial charge < -0.3 is 9.84 Å². The summed E-state index contributed by atoms with van der Waals surface area (Å²) in [7, 11) is 0. The minimum Gasteiger partial charge on any atom is -0.508 e. The van der Waals surface area contributed by atoms with Gasteiger partial charge in [-0.1, -0.05) is 23.3 Å². The maximum absolute atomic E-state index is 12.2. The predicted molar refractivity (Wildman–Crippen MR) is 80.4 cm³/mol. The van der Waals surface area contributed by atoms with Crippen LogP contribution in [0.25, 0.3) is 0 Å². The number of esters is 1. The molecule has 1 N–H and O–H groups in total. The fraction of sp³-hybridized carbons (Fsp3) is 0.353. The van der Waals surface area contributed by atoms with E-state index in [0.717, 1.165) is 16.7 Å². The topological polar surface area (TPSA) is 46.5 Å². The Hall–Kier alpha value is -2.03. The summed E-state index contributed by atoms with van der Waals surface area (Å²) < 4.78 is 5.48. The number of hydrogen-bond acceptors (Lipinski definition) is 3. The van der Waals surface area contributed by atoms with Crippen molar-refractivity contribution in [2.24, 2.45) is 0 Å². The molecule has 0 aliphatic heterocycles. The average molecular weight is 274 g/mol. The van der Waals surface area contributed by atoms with Gasteiger partial charge in [0.1, 0.15) is 11.9 Å². The highest BCUT2D eigenvalue weighted by Crippen LogP contribution is 2.22. The Labute approximate surface area is 120 Å². The highest BCUT2D eigenvalue weighted by atomic mass is 16.5. The molecule has 0 amide bonds. The van der Waals surface area contributed by atoms with Crippen molar-refractivity contribution in [1.29, 1.82) is 0 Å². The zero-order chi connectivity index (χ0) is 15.3. The predicted octanol–water partition coefficient (Wildman–Crippen LogP) is 4.30. The summed E-state index contributed by atoms with van der Waals surface area (Å²) in [4.78, 5) is 12.2. The van der Waals surface area contributed by atoms with Gasteiger partial charge in [-0.2, -0.15) is 0 Å². The summed E-state index contributed by atoms with van der Waals surface area (Å²) in [5.74, 6) is -0.131. The van der Waals surface area contributed by atoms with Crippen LogP contribution in [0.1, 0.15) is 46.3 Å². The number of rotatable bonds is 4. The van der Waals surface area contributed by atoms with E-state index in [9.17, 15) is 9.90 Å². The summed E-state index contributed by atoms with van der Waals surface area (Å²) in [5.41, 5.74) is 3.42. The van der Waals surface area contributed by atoms with Gasteiger partial charge in [0, 0.05) is 0 Å².